The number of hydrogen-bond acceptors (Lipinski definition) is 3. The van der Waals surface area contributed by atoms with Gasteiger partial charge in [-0.1, -0.05) is 70.7 Å². The number of unbranched alkanes of at least 4 members (excludes halogenated alkanes) is 4. The van der Waals surface area contributed by atoms with Crippen LogP contribution in [0.3, 0.4) is 0 Å². The monoisotopic (exact) mass is 369 g/mol. The Kier molecular flexibility index (Phi) is 9.61. The number of rotatable bonds is 13. The Balaban J connectivity index is 1.82. The van der Waals surface area contributed by atoms with Crippen molar-refractivity contribution in [3.63, 3.8) is 0 Å². The molecule has 0 aliphatic carbocycles. The van der Waals surface area contributed by atoms with Gasteiger partial charge in [-0.3, -0.25) is 0 Å². The van der Waals surface area contributed by atoms with Gasteiger partial charge in [0.1, 0.15) is 11.5 Å². The molecule has 3 nitrogen and oxygen atoms in total. The smallest absolute Gasteiger partial charge is 0.124 e. The Bertz CT molecular complexity index is 654. The van der Waals surface area contributed by atoms with Gasteiger partial charge in [0.25, 0.3) is 0 Å². The van der Waals surface area contributed by atoms with Crippen molar-refractivity contribution in [2.45, 2.75) is 59.4 Å². The van der Waals surface area contributed by atoms with E-state index in [0.29, 0.717) is 5.92 Å². The first-order valence-corrected chi connectivity index (χ1v) is 10.4. The third kappa shape index (κ3) is 8.38. The molecule has 1 N–H and O–H groups in total. The minimum atomic E-state index is 0.516. The highest BCUT2D eigenvalue weighted by molar-refractivity contribution is 5.49. The molecule has 0 unspecified atom stereocenters. The van der Waals surface area contributed by atoms with Crippen molar-refractivity contribution < 1.29 is 9.47 Å². The molecule has 0 atom stereocenters. The molecule has 0 aromatic heterocycles. The minimum Gasteiger partial charge on any atom is -0.494 e. The van der Waals surface area contributed by atoms with Crippen LogP contribution < -0.4 is 14.8 Å². The molecular weight excluding hydrogens is 334 g/mol. The van der Waals surface area contributed by atoms with E-state index in [4.69, 9.17) is 9.47 Å². The van der Waals surface area contributed by atoms with Crippen LogP contribution in [0.5, 0.6) is 11.5 Å². The van der Waals surface area contributed by atoms with E-state index < -0.39 is 0 Å². The van der Waals surface area contributed by atoms with Crippen molar-refractivity contribution in [1.29, 1.82) is 0 Å². The third-order valence-electron chi connectivity index (χ3n) is 4.38. The lowest BCUT2D eigenvalue weighted by Crippen LogP contribution is -2.08. The Morgan fingerprint density at radius 3 is 2.52 bits per heavy atom. The first-order chi connectivity index (χ1) is 13.2. The second-order valence-corrected chi connectivity index (χ2v) is 7.46. The van der Waals surface area contributed by atoms with Crippen LogP contribution in [-0.4, -0.2) is 13.2 Å². The summed E-state index contributed by atoms with van der Waals surface area (Å²) in [6.45, 7) is 8.82. The third-order valence-corrected chi connectivity index (χ3v) is 4.38. The maximum Gasteiger partial charge on any atom is 0.124 e. The van der Waals surface area contributed by atoms with Gasteiger partial charge in [-0.2, -0.15) is 0 Å². The summed E-state index contributed by atoms with van der Waals surface area (Å²) in [7, 11) is 0. The summed E-state index contributed by atoms with van der Waals surface area (Å²) < 4.78 is 11.8. The van der Waals surface area contributed by atoms with Crippen LogP contribution in [0, 0.1) is 5.92 Å². The molecule has 0 heterocycles. The highest BCUT2D eigenvalue weighted by atomic mass is 16.5. The summed E-state index contributed by atoms with van der Waals surface area (Å²) in [5.74, 6) is 2.40. The quantitative estimate of drug-likeness (QED) is 0.399. The standard InChI is InChI=1S/C24H35NO2/c1-4-5-6-7-10-16-26-23-14-11-13-22(17-23)25-18-21-12-8-9-15-24(21)27-19-20(2)3/h8-9,11-15,17,20,25H,4-7,10,16,18-19H2,1-3H3. The maximum atomic E-state index is 5.94. The van der Waals surface area contributed by atoms with Crippen molar-refractivity contribution in [2.75, 3.05) is 18.5 Å². The fourth-order valence-corrected chi connectivity index (χ4v) is 2.84. The highest BCUT2D eigenvalue weighted by Crippen LogP contribution is 2.22. The molecule has 2 rings (SSSR count). The summed E-state index contributed by atoms with van der Waals surface area (Å²) in [4.78, 5) is 0. The first-order valence-electron chi connectivity index (χ1n) is 10.4. The second kappa shape index (κ2) is 12.3. The number of hydrogen-bond donors (Lipinski definition) is 1. The molecule has 2 aromatic carbocycles. The zero-order valence-electron chi connectivity index (χ0n) is 17.2. The minimum absolute atomic E-state index is 0.516. The summed E-state index contributed by atoms with van der Waals surface area (Å²) in [5, 5.41) is 3.49. The van der Waals surface area contributed by atoms with E-state index in [0.717, 1.165) is 43.4 Å². The molecule has 27 heavy (non-hydrogen) atoms. The summed E-state index contributed by atoms with van der Waals surface area (Å²) >= 11 is 0. The van der Waals surface area contributed by atoms with Gasteiger partial charge >= 0.3 is 0 Å². The van der Waals surface area contributed by atoms with Crippen LogP contribution in [0.4, 0.5) is 5.69 Å². The molecule has 0 aliphatic heterocycles. The Morgan fingerprint density at radius 1 is 0.889 bits per heavy atom. The molecule has 0 amide bonds. The van der Waals surface area contributed by atoms with Gasteiger partial charge in [-0.05, 0) is 30.5 Å². The lowest BCUT2D eigenvalue weighted by Gasteiger charge is -2.14. The van der Waals surface area contributed by atoms with Gasteiger partial charge in [-0.25, -0.2) is 0 Å². The van der Waals surface area contributed by atoms with Gasteiger partial charge in [0.2, 0.25) is 0 Å². The average Bonchev–Trinajstić information content (AvgIpc) is 2.68. The molecule has 0 saturated carbocycles. The SMILES string of the molecule is CCCCCCCOc1cccc(NCc2ccccc2OCC(C)C)c1. The lowest BCUT2D eigenvalue weighted by molar-refractivity contribution is 0.269. The molecule has 148 valence electrons. The van der Waals surface area contributed by atoms with E-state index >= 15 is 0 Å². The summed E-state index contributed by atoms with van der Waals surface area (Å²) in [6.07, 6.45) is 6.28. The number of benzene rings is 2. The van der Waals surface area contributed by atoms with Crippen LogP contribution in [0.15, 0.2) is 48.5 Å². The van der Waals surface area contributed by atoms with Crippen molar-refractivity contribution in [1.82, 2.24) is 0 Å². The summed E-state index contributed by atoms with van der Waals surface area (Å²) in [6, 6.07) is 16.4. The van der Waals surface area contributed by atoms with Gasteiger partial charge in [-0.15, -0.1) is 0 Å². The Hall–Kier alpha value is -2.16. The first kappa shape index (κ1) is 21.1. The van der Waals surface area contributed by atoms with Crippen molar-refractivity contribution >= 4 is 5.69 Å². The van der Waals surface area contributed by atoms with Gasteiger partial charge in [0.15, 0.2) is 0 Å². The van der Waals surface area contributed by atoms with E-state index in [1.165, 1.54) is 31.2 Å². The Labute approximate surface area is 165 Å². The summed E-state index contributed by atoms with van der Waals surface area (Å²) in [5.41, 5.74) is 2.23. The number of anilines is 1. The van der Waals surface area contributed by atoms with E-state index in [9.17, 15) is 0 Å². The van der Waals surface area contributed by atoms with Crippen molar-refractivity contribution in [2.24, 2.45) is 5.92 Å². The molecule has 0 bridgehead atoms. The Morgan fingerprint density at radius 2 is 1.70 bits per heavy atom. The van der Waals surface area contributed by atoms with Crippen LogP contribution in [-0.2, 0) is 6.54 Å². The van der Waals surface area contributed by atoms with Crippen LogP contribution in [0.25, 0.3) is 0 Å². The van der Waals surface area contributed by atoms with E-state index in [1.807, 2.05) is 24.3 Å². The fraction of sp³-hybridized carbons (Fsp3) is 0.500. The van der Waals surface area contributed by atoms with Crippen LogP contribution >= 0.6 is 0 Å². The van der Waals surface area contributed by atoms with Gasteiger partial charge < -0.3 is 14.8 Å². The van der Waals surface area contributed by atoms with Gasteiger partial charge in [0.05, 0.1) is 13.2 Å². The lowest BCUT2D eigenvalue weighted by atomic mass is 10.2. The van der Waals surface area contributed by atoms with Crippen LogP contribution in [0.1, 0.15) is 58.4 Å². The van der Waals surface area contributed by atoms with E-state index in [-0.39, 0.29) is 0 Å². The van der Waals surface area contributed by atoms with Crippen molar-refractivity contribution in [3.8, 4) is 11.5 Å². The number of nitrogens with one attached hydrogen (secondary N) is 1. The number of para-hydroxylation sites is 1. The topological polar surface area (TPSA) is 30.5 Å². The van der Waals surface area contributed by atoms with E-state index in [1.54, 1.807) is 0 Å². The molecule has 0 spiro atoms. The highest BCUT2D eigenvalue weighted by Gasteiger charge is 2.05. The zero-order valence-corrected chi connectivity index (χ0v) is 17.2. The zero-order chi connectivity index (χ0) is 19.3. The number of ether oxygens (including phenoxy) is 2. The maximum absolute atomic E-state index is 5.94. The normalized spacial score (nSPS) is 10.8. The van der Waals surface area contributed by atoms with Gasteiger partial charge in [0, 0.05) is 23.9 Å². The van der Waals surface area contributed by atoms with Crippen LogP contribution in [0.2, 0.25) is 0 Å². The molecular formula is C24H35NO2. The molecule has 2 aromatic rings. The predicted octanol–water partition coefficient (Wildman–Crippen LogP) is 6.68. The second-order valence-electron chi connectivity index (χ2n) is 7.46. The largest absolute Gasteiger partial charge is 0.494 e. The molecule has 0 aliphatic rings. The molecule has 3 heteroatoms. The molecule has 0 saturated heterocycles. The molecule has 0 fully saturated rings. The van der Waals surface area contributed by atoms with E-state index in [2.05, 4.69) is 50.4 Å². The molecule has 0 radical (unpaired) electrons. The van der Waals surface area contributed by atoms with Crippen molar-refractivity contribution in [3.05, 3.63) is 54.1 Å². The fourth-order valence-electron chi connectivity index (χ4n) is 2.84. The predicted molar refractivity (Wildman–Crippen MR) is 115 cm³/mol. The average molecular weight is 370 g/mol.